The van der Waals surface area contributed by atoms with E-state index in [4.69, 9.17) is 4.98 Å². The molecule has 5 rings (SSSR count). The van der Waals surface area contributed by atoms with E-state index in [2.05, 4.69) is 27.3 Å². The Kier molecular flexibility index (Phi) is 7.49. The molecule has 0 unspecified atom stereocenters. The number of aromatic nitrogens is 3. The predicted molar refractivity (Wildman–Crippen MR) is 136 cm³/mol. The van der Waals surface area contributed by atoms with E-state index in [1.54, 1.807) is 0 Å². The van der Waals surface area contributed by atoms with Gasteiger partial charge in [-0.05, 0) is 71.4 Å². The molecule has 8 nitrogen and oxygen atoms in total. The van der Waals surface area contributed by atoms with Crippen molar-refractivity contribution < 1.29 is 4.79 Å². The summed E-state index contributed by atoms with van der Waals surface area (Å²) in [4.78, 5) is 35.7. The molecule has 186 valence electrons. The zero-order valence-corrected chi connectivity index (χ0v) is 21.2. The van der Waals surface area contributed by atoms with Gasteiger partial charge in [0.1, 0.15) is 0 Å². The molecule has 2 aromatic heterocycles. The number of nitrogens with zero attached hydrogens (tertiary/aromatic N) is 5. The van der Waals surface area contributed by atoms with Gasteiger partial charge in [0.15, 0.2) is 0 Å². The molecule has 1 amide bonds. The third-order valence-electron chi connectivity index (χ3n) is 7.99. The van der Waals surface area contributed by atoms with Crippen molar-refractivity contribution in [1.29, 1.82) is 0 Å². The van der Waals surface area contributed by atoms with E-state index < -0.39 is 0 Å². The van der Waals surface area contributed by atoms with Crippen LogP contribution in [-0.2, 0) is 17.6 Å². The average Bonchev–Trinajstić information content (AvgIpc) is 3.31. The number of carbonyl (C=O) groups is 1. The fraction of sp³-hybridized carbons (Fsp3) is 0.760. The van der Waals surface area contributed by atoms with Crippen LogP contribution in [0.15, 0.2) is 4.79 Å². The van der Waals surface area contributed by atoms with Gasteiger partial charge in [0.05, 0.1) is 5.69 Å². The third-order valence-corrected chi connectivity index (χ3v) is 8.96. The molecule has 2 aliphatic carbocycles. The minimum Gasteiger partial charge on any atom is -0.356 e. The predicted octanol–water partition coefficient (Wildman–Crippen LogP) is 3.02. The Labute approximate surface area is 205 Å². The zero-order chi connectivity index (χ0) is 23.5. The Bertz CT molecular complexity index is 1050. The van der Waals surface area contributed by atoms with Gasteiger partial charge in [-0.3, -0.25) is 9.59 Å². The molecule has 9 heteroatoms. The number of hydrogen-bond acceptors (Lipinski definition) is 7. The van der Waals surface area contributed by atoms with Gasteiger partial charge in [-0.2, -0.15) is 4.52 Å². The van der Waals surface area contributed by atoms with Gasteiger partial charge in [-0.15, -0.1) is 5.10 Å². The first-order chi connectivity index (χ1) is 16.6. The van der Waals surface area contributed by atoms with Crippen molar-refractivity contribution in [3.63, 3.8) is 0 Å². The first-order valence-electron chi connectivity index (χ1n) is 13.2. The summed E-state index contributed by atoms with van der Waals surface area (Å²) < 4.78 is 1.49. The van der Waals surface area contributed by atoms with Crippen LogP contribution >= 0.6 is 11.3 Å². The van der Waals surface area contributed by atoms with Crippen LogP contribution in [0.4, 0.5) is 5.13 Å². The number of rotatable bonds is 7. The van der Waals surface area contributed by atoms with Gasteiger partial charge in [-0.1, -0.05) is 30.6 Å². The topological polar surface area (TPSA) is 82.8 Å². The molecule has 1 saturated carbocycles. The highest BCUT2D eigenvalue weighted by atomic mass is 32.1. The van der Waals surface area contributed by atoms with E-state index in [-0.39, 0.29) is 17.4 Å². The van der Waals surface area contributed by atoms with Gasteiger partial charge in [0.25, 0.3) is 5.56 Å². The first-order valence-corrected chi connectivity index (χ1v) is 14.1. The highest BCUT2D eigenvalue weighted by Gasteiger charge is 2.27. The molecule has 2 fully saturated rings. The van der Waals surface area contributed by atoms with Crippen LogP contribution in [0.2, 0.25) is 0 Å². The molecule has 1 N–H and O–H groups in total. The molecule has 0 spiro atoms. The summed E-state index contributed by atoms with van der Waals surface area (Å²) >= 11 is 1.49. The number of anilines is 1. The quantitative estimate of drug-likeness (QED) is 0.606. The second-order valence-electron chi connectivity index (χ2n) is 10.3. The van der Waals surface area contributed by atoms with E-state index in [1.165, 1.54) is 48.0 Å². The zero-order valence-electron chi connectivity index (χ0n) is 20.4. The molecule has 1 aliphatic heterocycles. The summed E-state index contributed by atoms with van der Waals surface area (Å²) in [5.41, 5.74) is 1.82. The molecule has 2 aromatic rings. The molecule has 0 radical (unpaired) electrons. The SMILES string of the molecule is CN(CCCNC(=O)C1CCN(c2nn3c(=O)c4c(nc3s2)CCCC4)CC1)C1CCCCC1. The average molecular weight is 487 g/mol. The van der Waals surface area contributed by atoms with E-state index in [9.17, 15) is 9.59 Å². The fourth-order valence-corrected chi connectivity index (χ4v) is 6.78. The lowest BCUT2D eigenvalue weighted by molar-refractivity contribution is -0.125. The summed E-state index contributed by atoms with van der Waals surface area (Å²) in [6.07, 6.45) is 13.3. The number of aryl methyl sites for hydroxylation is 1. The van der Waals surface area contributed by atoms with Crippen molar-refractivity contribution in [1.82, 2.24) is 24.8 Å². The monoisotopic (exact) mass is 486 g/mol. The number of carbonyl (C=O) groups excluding carboxylic acids is 1. The lowest BCUT2D eigenvalue weighted by Gasteiger charge is -2.31. The Morgan fingerprint density at radius 3 is 2.65 bits per heavy atom. The van der Waals surface area contributed by atoms with Crippen molar-refractivity contribution in [3.05, 3.63) is 21.6 Å². The number of piperidine rings is 1. The van der Waals surface area contributed by atoms with Gasteiger partial charge in [0.2, 0.25) is 16.0 Å². The Morgan fingerprint density at radius 2 is 1.85 bits per heavy atom. The summed E-state index contributed by atoms with van der Waals surface area (Å²) in [5, 5.41) is 8.63. The van der Waals surface area contributed by atoms with Crippen molar-refractivity contribution >= 4 is 27.3 Å². The van der Waals surface area contributed by atoms with E-state index in [0.29, 0.717) is 4.96 Å². The fourth-order valence-electron chi connectivity index (χ4n) is 5.81. The second kappa shape index (κ2) is 10.7. The molecule has 0 bridgehead atoms. The molecule has 0 aromatic carbocycles. The summed E-state index contributed by atoms with van der Waals surface area (Å²) in [6, 6.07) is 0.729. The van der Waals surface area contributed by atoms with Crippen molar-refractivity contribution in [3.8, 4) is 0 Å². The van der Waals surface area contributed by atoms with Crippen LogP contribution in [0.5, 0.6) is 0 Å². The maximum atomic E-state index is 12.9. The van der Waals surface area contributed by atoms with Crippen LogP contribution in [-0.4, -0.2) is 64.7 Å². The largest absolute Gasteiger partial charge is 0.356 e. The molecule has 0 atom stereocenters. The highest BCUT2D eigenvalue weighted by Crippen LogP contribution is 2.28. The van der Waals surface area contributed by atoms with Crippen molar-refractivity contribution in [2.75, 3.05) is 38.1 Å². The lowest BCUT2D eigenvalue weighted by Crippen LogP contribution is -2.41. The molecular formula is C25H38N6O2S. The maximum absolute atomic E-state index is 12.9. The van der Waals surface area contributed by atoms with Gasteiger partial charge in [-0.25, -0.2) is 4.98 Å². The summed E-state index contributed by atoms with van der Waals surface area (Å²) in [6.45, 7) is 3.39. The summed E-state index contributed by atoms with van der Waals surface area (Å²) in [7, 11) is 2.23. The summed E-state index contributed by atoms with van der Waals surface area (Å²) in [5.74, 6) is 0.254. The minimum absolute atomic E-state index is 0.00518. The second-order valence-corrected chi connectivity index (χ2v) is 11.2. The van der Waals surface area contributed by atoms with E-state index >= 15 is 0 Å². The maximum Gasteiger partial charge on any atom is 0.278 e. The molecule has 3 aliphatic rings. The third kappa shape index (κ3) is 5.15. The number of amides is 1. The molecule has 1 saturated heterocycles. The van der Waals surface area contributed by atoms with Crippen molar-refractivity contribution in [2.45, 2.75) is 83.1 Å². The highest BCUT2D eigenvalue weighted by molar-refractivity contribution is 7.20. The Hall–Kier alpha value is -2.00. The van der Waals surface area contributed by atoms with Crippen LogP contribution in [0, 0.1) is 5.92 Å². The van der Waals surface area contributed by atoms with Crippen LogP contribution in [0.3, 0.4) is 0 Å². The van der Waals surface area contributed by atoms with Crippen LogP contribution in [0.1, 0.15) is 75.5 Å². The molecular weight excluding hydrogens is 448 g/mol. The van der Waals surface area contributed by atoms with Gasteiger partial charge >= 0.3 is 0 Å². The van der Waals surface area contributed by atoms with Crippen molar-refractivity contribution in [2.24, 2.45) is 5.92 Å². The Morgan fingerprint density at radius 1 is 1.09 bits per heavy atom. The number of fused-ring (bicyclic) bond motifs is 2. The van der Waals surface area contributed by atoms with E-state index in [0.717, 1.165) is 93.6 Å². The van der Waals surface area contributed by atoms with Gasteiger partial charge < -0.3 is 15.1 Å². The van der Waals surface area contributed by atoms with Crippen LogP contribution < -0.4 is 15.8 Å². The smallest absolute Gasteiger partial charge is 0.278 e. The normalized spacial score (nSPS) is 20.1. The Balaban J connectivity index is 1.09. The number of hydrogen-bond donors (Lipinski definition) is 1. The molecule has 3 heterocycles. The standard InChI is InChI=1S/C25H38N6O2S/c1-29(19-8-3-2-4-9-19)15-7-14-26-22(32)18-12-16-30(17-13-18)25-28-31-23(33)20-10-5-6-11-21(20)27-24(31)34-25/h18-19H,2-17H2,1H3,(H,26,32). The first kappa shape index (κ1) is 23.7. The van der Waals surface area contributed by atoms with E-state index in [1.807, 2.05) is 0 Å². The number of nitrogens with one attached hydrogen (secondary N) is 1. The van der Waals surface area contributed by atoms with Gasteiger partial charge in [0, 0.05) is 37.2 Å². The minimum atomic E-state index is 0.00518. The van der Waals surface area contributed by atoms with Crippen LogP contribution in [0.25, 0.3) is 4.96 Å². The molecule has 34 heavy (non-hydrogen) atoms. The lowest BCUT2D eigenvalue weighted by atomic mass is 9.94.